The molecule has 2 saturated heterocycles. The lowest BCUT2D eigenvalue weighted by Crippen LogP contribution is -2.54. The summed E-state index contributed by atoms with van der Waals surface area (Å²) in [6, 6.07) is -1.82. The fourth-order valence-corrected chi connectivity index (χ4v) is 4.11. The van der Waals surface area contributed by atoms with Gasteiger partial charge in [-0.15, -0.1) is 11.8 Å². The van der Waals surface area contributed by atoms with Crippen LogP contribution in [0.25, 0.3) is 0 Å². The first-order chi connectivity index (χ1) is 9.47. The molecular formula is C12H19N3O4S. The van der Waals surface area contributed by atoms with Crippen LogP contribution in [0.15, 0.2) is 0 Å². The van der Waals surface area contributed by atoms with Crippen molar-refractivity contribution < 1.29 is 19.5 Å². The second-order valence-electron chi connectivity index (χ2n) is 4.99. The number of nitrogens with two attached hydrogens (primary N) is 1. The molecule has 3 atom stereocenters. The minimum Gasteiger partial charge on any atom is -0.480 e. The lowest BCUT2D eigenvalue weighted by atomic mass is 10.2. The van der Waals surface area contributed by atoms with Crippen LogP contribution in [-0.2, 0) is 9.59 Å². The number of carboxylic acids is 1. The Bertz CT molecular complexity index is 431. The van der Waals surface area contributed by atoms with Crippen molar-refractivity contribution in [2.45, 2.75) is 43.6 Å². The maximum atomic E-state index is 12.6. The molecule has 2 rings (SSSR count). The van der Waals surface area contributed by atoms with E-state index in [1.54, 1.807) is 0 Å². The Kier molecular flexibility index (Phi) is 4.42. The van der Waals surface area contributed by atoms with Gasteiger partial charge in [-0.2, -0.15) is 0 Å². The first-order valence-electron chi connectivity index (χ1n) is 6.70. The smallest absolute Gasteiger partial charge is 0.327 e. The Morgan fingerprint density at radius 2 is 2.05 bits per heavy atom. The van der Waals surface area contributed by atoms with Crippen LogP contribution in [-0.4, -0.2) is 62.6 Å². The predicted molar refractivity (Wildman–Crippen MR) is 74.1 cm³/mol. The highest BCUT2D eigenvalue weighted by atomic mass is 32.2. The number of carboxylic acid groups (broad SMARTS) is 1. The molecule has 20 heavy (non-hydrogen) atoms. The molecule has 7 nitrogen and oxygen atoms in total. The largest absolute Gasteiger partial charge is 0.480 e. The van der Waals surface area contributed by atoms with Gasteiger partial charge < -0.3 is 15.7 Å². The molecule has 3 unspecified atom stereocenters. The van der Waals surface area contributed by atoms with E-state index in [1.807, 2.05) is 6.92 Å². The van der Waals surface area contributed by atoms with Gasteiger partial charge in [-0.3, -0.25) is 9.69 Å². The number of amides is 3. The summed E-state index contributed by atoms with van der Waals surface area (Å²) >= 11 is 1.47. The quantitative estimate of drug-likeness (QED) is 0.780. The van der Waals surface area contributed by atoms with Crippen molar-refractivity contribution in [3.05, 3.63) is 0 Å². The number of hydrogen-bond acceptors (Lipinski definition) is 4. The molecule has 0 aromatic carbocycles. The topological polar surface area (TPSA) is 104 Å². The first-order valence-corrected chi connectivity index (χ1v) is 7.75. The number of rotatable bonds is 3. The summed E-state index contributed by atoms with van der Waals surface area (Å²) in [5, 5.41) is 9.09. The van der Waals surface area contributed by atoms with E-state index in [0.717, 1.165) is 6.42 Å². The van der Waals surface area contributed by atoms with Crippen LogP contribution in [0.4, 0.5) is 4.79 Å². The van der Waals surface area contributed by atoms with E-state index in [2.05, 4.69) is 0 Å². The lowest BCUT2D eigenvalue weighted by molar-refractivity contribution is -0.141. The van der Waals surface area contributed by atoms with Crippen molar-refractivity contribution in [1.82, 2.24) is 9.80 Å². The highest BCUT2D eigenvalue weighted by molar-refractivity contribution is 8.00. The number of primary amides is 1. The van der Waals surface area contributed by atoms with Crippen molar-refractivity contribution in [1.29, 1.82) is 0 Å². The fourth-order valence-electron chi connectivity index (χ4n) is 2.76. The molecule has 3 amide bonds. The Balaban J connectivity index is 2.20. The first kappa shape index (κ1) is 15.0. The highest BCUT2D eigenvalue weighted by Gasteiger charge is 2.45. The van der Waals surface area contributed by atoms with Crippen molar-refractivity contribution in [3.63, 3.8) is 0 Å². The maximum absolute atomic E-state index is 12.6. The van der Waals surface area contributed by atoms with E-state index < -0.39 is 24.0 Å². The Labute approximate surface area is 121 Å². The molecule has 0 aromatic heterocycles. The van der Waals surface area contributed by atoms with Crippen LogP contribution >= 0.6 is 11.8 Å². The van der Waals surface area contributed by atoms with Crippen molar-refractivity contribution >= 4 is 29.7 Å². The third-order valence-corrected chi connectivity index (χ3v) is 5.23. The van der Waals surface area contributed by atoms with Gasteiger partial charge in [0.15, 0.2) is 0 Å². The summed E-state index contributed by atoms with van der Waals surface area (Å²) in [4.78, 5) is 38.1. The average molecular weight is 301 g/mol. The molecular weight excluding hydrogens is 282 g/mol. The van der Waals surface area contributed by atoms with E-state index in [1.165, 1.54) is 21.6 Å². The van der Waals surface area contributed by atoms with Gasteiger partial charge in [0.2, 0.25) is 5.91 Å². The lowest BCUT2D eigenvalue weighted by Gasteiger charge is -2.33. The van der Waals surface area contributed by atoms with Gasteiger partial charge in [-0.1, -0.05) is 6.92 Å². The van der Waals surface area contributed by atoms with E-state index in [0.29, 0.717) is 25.1 Å². The number of hydrogen-bond donors (Lipinski definition) is 2. The molecule has 2 aliphatic rings. The van der Waals surface area contributed by atoms with E-state index in [4.69, 9.17) is 5.73 Å². The predicted octanol–water partition coefficient (Wildman–Crippen LogP) is 0.294. The molecule has 3 N–H and O–H groups in total. The third kappa shape index (κ3) is 2.56. The minimum absolute atomic E-state index is 0.155. The van der Waals surface area contributed by atoms with Crippen molar-refractivity contribution in [2.24, 2.45) is 5.73 Å². The number of aliphatic carboxylic acids is 1. The number of nitrogens with zero attached hydrogens (tertiary/aromatic N) is 2. The van der Waals surface area contributed by atoms with Gasteiger partial charge >= 0.3 is 12.0 Å². The van der Waals surface area contributed by atoms with Gasteiger partial charge in [0.05, 0.1) is 5.37 Å². The normalized spacial score (nSPS) is 29.8. The molecule has 0 aliphatic carbocycles. The molecule has 0 saturated carbocycles. The Morgan fingerprint density at radius 3 is 2.60 bits per heavy atom. The van der Waals surface area contributed by atoms with Crippen molar-refractivity contribution in [2.75, 3.05) is 12.3 Å². The van der Waals surface area contributed by atoms with Gasteiger partial charge in [-0.25, -0.2) is 9.59 Å². The van der Waals surface area contributed by atoms with Crippen LogP contribution in [0.2, 0.25) is 0 Å². The van der Waals surface area contributed by atoms with Crippen LogP contribution in [0, 0.1) is 0 Å². The molecule has 2 fully saturated rings. The molecule has 0 spiro atoms. The van der Waals surface area contributed by atoms with Crippen molar-refractivity contribution in [3.8, 4) is 0 Å². The minimum atomic E-state index is -1.00. The number of carbonyl (C=O) groups is 3. The zero-order valence-corrected chi connectivity index (χ0v) is 12.1. The van der Waals surface area contributed by atoms with E-state index in [-0.39, 0.29) is 11.4 Å². The zero-order valence-electron chi connectivity index (χ0n) is 11.3. The summed E-state index contributed by atoms with van der Waals surface area (Å²) in [6.45, 7) is 2.37. The number of carbonyl (C=O) groups excluding carboxylic acids is 2. The SMILES string of the molecule is CCC1SCC(C(=O)O)N1C(=O)N1CCCC1C(N)=O. The molecule has 2 heterocycles. The second-order valence-corrected chi connectivity index (χ2v) is 6.20. The monoisotopic (exact) mass is 301 g/mol. The fraction of sp³-hybridized carbons (Fsp3) is 0.750. The summed E-state index contributed by atoms with van der Waals surface area (Å²) < 4.78 is 0. The third-order valence-electron chi connectivity index (χ3n) is 3.77. The number of likely N-dealkylation sites (tertiary alicyclic amines) is 1. The molecule has 0 bridgehead atoms. The zero-order chi connectivity index (χ0) is 14.9. The number of thioether (sulfide) groups is 1. The summed E-state index contributed by atoms with van der Waals surface area (Å²) in [7, 11) is 0. The average Bonchev–Trinajstić information content (AvgIpc) is 3.04. The maximum Gasteiger partial charge on any atom is 0.327 e. The molecule has 112 valence electrons. The summed E-state index contributed by atoms with van der Waals surface area (Å²) in [6.07, 6.45) is 1.95. The van der Waals surface area contributed by atoms with Gasteiger partial charge in [0.25, 0.3) is 0 Å². The van der Waals surface area contributed by atoms with E-state index >= 15 is 0 Å². The van der Waals surface area contributed by atoms with E-state index in [9.17, 15) is 19.5 Å². The summed E-state index contributed by atoms with van der Waals surface area (Å²) in [5.41, 5.74) is 5.31. The number of urea groups is 1. The van der Waals surface area contributed by atoms with Gasteiger partial charge in [0, 0.05) is 12.3 Å². The Hall–Kier alpha value is -1.44. The highest BCUT2D eigenvalue weighted by Crippen LogP contribution is 2.33. The molecule has 8 heteroatoms. The van der Waals surface area contributed by atoms with Gasteiger partial charge in [0.1, 0.15) is 12.1 Å². The Morgan fingerprint density at radius 1 is 1.35 bits per heavy atom. The van der Waals surface area contributed by atoms with Crippen LogP contribution in [0.5, 0.6) is 0 Å². The second kappa shape index (κ2) is 5.90. The molecule has 0 radical (unpaired) electrons. The standard InChI is InChI=1S/C12H19N3O4S/c1-2-9-15(8(6-20-9)11(17)18)12(19)14-5-3-4-7(14)10(13)16/h7-9H,2-6H2,1H3,(H2,13,16)(H,17,18). The summed E-state index contributed by atoms with van der Waals surface area (Å²) in [5.74, 6) is -1.14. The van der Waals surface area contributed by atoms with Crippen LogP contribution in [0.1, 0.15) is 26.2 Å². The van der Waals surface area contributed by atoms with Crippen LogP contribution in [0.3, 0.4) is 0 Å². The molecule has 2 aliphatic heterocycles. The molecule has 0 aromatic rings. The van der Waals surface area contributed by atoms with Crippen LogP contribution < -0.4 is 5.73 Å². The van der Waals surface area contributed by atoms with Gasteiger partial charge in [-0.05, 0) is 19.3 Å².